The molecule has 0 aliphatic heterocycles. The monoisotopic (exact) mass is 714 g/mol. The van der Waals surface area contributed by atoms with Crippen LogP contribution in [0.25, 0.3) is 0 Å². The number of hydrogen-bond donors (Lipinski definition) is 1. The van der Waals surface area contributed by atoms with E-state index in [9.17, 15) is 9.59 Å². The van der Waals surface area contributed by atoms with Crippen molar-refractivity contribution in [1.29, 1.82) is 0 Å². The smallest absolute Gasteiger partial charge is 0.409 e. The Kier molecular flexibility index (Phi) is 32.2. The average molecular weight is 714 g/mol. The first-order valence-corrected chi connectivity index (χ1v) is 20.9. The third-order valence-electron chi connectivity index (χ3n) is 9.31. The fourth-order valence-corrected chi connectivity index (χ4v) is 6.30. The molecular formula is C41H83N3O6. The van der Waals surface area contributed by atoms with E-state index in [4.69, 9.17) is 18.9 Å². The number of amides is 2. The first-order valence-electron chi connectivity index (χ1n) is 20.9. The molecule has 0 fully saturated rings. The van der Waals surface area contributed by atoms with Gasteiger partial charge >= 0.3 is 12.2 Å². The van der Waals surface area contributed by atoms with Crippen molar-refractivity contribution in [3.8, 4) is 0 Å². The predicted octanol–water partition coefficient (Wildman–Crippen LogP) is 10.9. The molecule has 2 amide bonds. The maximum atomic E-state index is 13.1. The minimum absolute atomic E-state index is 0.124. The van der Waals surface area contributed by atoms with Crippen LogP contribution in [0.5, 0.6) is 0 Å². The fourth-order valence-electron chi connectivity index (χ4n) is 6.30. The summed E-state index contributed by atoms with van der Waals surface area (Å²) in [4.78, 5) is 29.3. The lowest BCUT2D eigenvalue weighted by molar-refractivity contribution is -0.220. The van der Waals surface area contributed by atoms with Crippen LogP contribution in [0.4, 0.5) is 9.59 Å². The fraction of sp³-hybridized carbons (Fsp3) is 0.951. The van der Waals surface area contributed by atoms with Crippen LogP contribution >= 0.6 is 0 Å². The molecule has 298 valence electrons. The lowest BCUT2D eigenvalue weighted by Gasteiger charge is -2.30. The first-order chi connectivity index (χ1) is 24.0. The molecule has 0 aromatic heterocycles. The zero-order valence-corrected chi connectivity index (χ0v) is 34.3. The molecule has 0 aromatic rings. The molecule has 0 radical (unpaired) electrons. The highest BCUT2D eigenvalue weighted by molar-refractivity contribution is 5.67. The largest absolute Gasteiger partial charge is 0.447 e. The molecule has 0 unspecified atom stereocenters. The number of alkyl carbamates (subject to hydrolysis) is 1. The van der Waals surface area contributed by atoms with Gasteiger partial charge in [-0.1, -0.05) is 129 Å². The second-order valence-electron chi connectivity index (χ2n) is 15.1. The zero-order chi connectivity index (χ0) is 37.3. The van der Waals surface area contributed by atoms with E-state index >= 15 is 0 Å². The van der Waals surface area contributed by atoms with Gasteiger partial charge in [0.25, 0.3) is 0 Å². The molecule has 9 nitrogen and oxygen atoms in total. The lowest BCUT2D eigenvalue weighted by Crippen LogP contribution is -2.42. The quantitative estimate of drug-likeness (QED) is 0.0516. The van der Waals surface area contributed by atoms with Crippen molar-refractivity contribution in [2.45, 2.75) is 202 Å². The van der Waals surface area contributed by atoms with Crippen LogP contribution in [0.2, 0.25) is 0 Å². The molecule has 0 atom stereocenters. The van der Waals surface area contributed by atoms with Gasteiger partial charge in [-0.2, -0.15) is 0 Å². The third kappa shape index (κ3) is 30.1. The number of hydrogen-bond acceptors (Lipinski definition) is 7. The molecule has 1 N–H and O–H groups in total. The van der Waals surface area contributed by atoms with E-state index in [-0.39, 0.29) is 32.5 Å². The van der Waals surface area contributed by atoms with Gasteiger partial charge < -0.3 is 29.2 Å². The second kappa shape index (κ2) is 33.3. The highest BCUT2D eigenvalue weighted by Gasteiger charge is 2.20. The van der Waals surface area contributed by atoms with Crippen LogP contribution in [0, 0.1) is 0 Å². The van der Waals surface area contributed by atoms with Crippen molar-refractivity contribution >= 4 is 12.2 Å². The van der Waals surface area contributed by atoms with E-state index in [0.29, 0.717) is 18.6 Å². The van der Waals surface area contributed by atoms with Gasteiger partial charge in [0.15, 0.2) is 5.79 Å². The van der Waals surface area contributed by atoms with Crippen molar-refractivity contribution in [3.05, 3.63) is 0 Å². The summed E-state index contributed by atoms with van der Waals surface area (Å²) in [5.74, 6) is -0.896. The van der Waals surface area contributed by atoms with Crippen LogP contribution in [0.1, 0.15) is 184 Å². The van der Waals surface area contributed by atoms with E-state index in [2.05, 4.69) is 51.8 Å². The number of carbonyl (C=O) groups is 2. The summed E-state index contributed by atoms with van der Waals surface area (Å²) in [6, 6.07) is 0.823. The molecule has 0 bridgehead atoms. The van der Waals surface area contributed by atoms with Crippen molar-refractivity contribution in [3.63, 3.8) is 0 Å². The molecule has 9 heteroatoms. The van der Waals surface area contributed by atoms with Gasteiger partial charge in [0.2, 0.25) is 0 Å². The molecule has 0 aromatic carbocycles. The normalized spacial score (nSPS) is 11.9. The van der Waals surface area contributed by atoms with Crippen LogP contribution in [-0.4, -0.2) is 92.5 Å². The Morgan fingerprint density at radius 1 is 0.540 bits per heavy atom. The van der Waals surface area contributed by atoms with Gasteiger partial charge in [-0.3, -0.25) is 4.90 Å². The Labute approximate surface area is 309 Å². The number of unbranched alkanes of at least 4 members (excludes halogenated alkanes) is 18. The minimum Gasteiger partial charge on any atom is -0.447 e. The molecule has 50 heavy (non-hydrogen) atoms. The summed E-state index contributed by atoms with van der Waals surface area (Å²) in [5, 5.41) is 2.80. The lowest BCUT2D eigenvalue weighted by atomic mass is 10.1. The van der Waals surface area contributed by atoms with Gasteiger partial charge in [0, 0.05) is 38.3 Å². The van der Waals surface area contributed by atoms with Crippen molar-refractivity contribution in [2.24, 2.45) is 0 Å². The molecule has 0 saturated carbocycles. The Bertz CT molecular complexity index is 747. The number of rotatable bonds is 35. The summed E-state index contributed by atoms with van der Waals surface area (Å²) < 4.78 is 22.6. The molecule has 0 aliphatic carbocycles. The molecule has 0 saturated heterocycles. The highest BCUT2D eigenvalue weighted by atomic mass is 16.7. The maximum absolute atomic E-state index is 13.1. The number of ether oxygens (including phenoxy) is 4. The van der Waals surface area contributed by atoms with Gasteiger partial charge in [-0.25, -0.2) is 9.59 Å². The highest BCUT2D eigenvalue weighted by Crippen LogP contribution is 2.14. The number of nitrogens with zero attached hydrogens (tertiary/aromatic N) is 2. The van der Waals surface area contributed by atoms with Gasteiger partial charge in [-0.05, 0) is 54.4 Å². The van der Waals surface area contributed by atoms with Crippen LogP contribution in [0.3, 0.4) is 0 Å². The van der Waals surface area contributed by atoms with Crippen molar-refractivity contribution < 1.29 is 28.5 Å². The topological polar surface area (TPSA) is 89.6 Å². The first kappa shape index (κ1) is 48.4. The maximum Gasteiger partial charge on any atom is 0.409 e. The summed E-state index contributed by atoms with van der Waals surface area (Å²) >= 11 is 0. The van der Waals surface area contributed by atoms with Crippen molar-refractivity contribution in [1.82, 2.24) is 15.1 Å². The van der Waals surface area contributed by atoms with Crippen molar-refractivity contribution in [2.75, 3.05) is 52.6 Å². The third-order valence-corrected chi connectivity index (χ3v) is 9.31. The van der Waals surface area contributed by atoms with E-state index in [1.807, 2.05) is 18.7 Å². The van der Waals surface area contributed by atoms with Crippen LogP contribution in [0.15, 0.2) is 0 Å². The molecule has 0 rings (SSSR count). The SMILES string of the molecule is CCCCCCCCCCCCN(CCCCCCCCCCCC)C(=O)OCCOC(C)(C)OCCOC(=O)NCCN(C(C)C)C(C)C. The molecule has 0 aliphatic rings. The van der Waals surface area contributed by atoms with E-state index in [1.54, 1.807) is 0 Å². The average Bonchev–Trinajstić information content (AvgIpc) is 3.07. The Morgan fingerprint density at radius 2 is 0.920 bits per heavy atom. The van der Waals surface area contributed by atoms with Crippen LogP contribution < -0.4 is 5.32 Å². The van der Waals surface area contributed by atoms with E-state index in [1.165, 1.54) is 103 Å². The summed E-state index contributed by atoms with van der Waals surface area (Å²) in [5.41, 5.74) is 0. The zero-order valence-electron chi connectivity index (χ0n) is 34.3. The van der Waals surface area contributed by atoms with Gasteiger partial charge in [0.1, 0.15) is 13.2 Å². The predicted molar refractivity (Wildman–Crippen MR) is 209 cm³/mol. The van der Waals surface area contributed by atoms with Gasteiger partial charge in [0.05, 0.1) is 13.2 Å². The summed E-state index contributed by atoms with van der Waals surface area (Å²) in [6.45, 7) is 20.3. The summed E-state index contributed by atoms with van der Waals surface area (Å²) in [6.07, 6.45) is 24.9. The number of carbonyl (C=O) groups excluding carboxylic acids is 2. The summed E-state index contributed by atoms with van der Waals surface area (Å²) in [7, 11) is 0. The standard InChI is InChI=1S/C41H83N3O6/c1-9-11-13-15-17-19-21-23-25-27-30-43(31-28-26-24-22-20-18-16-14-12-10-2)40(46)48-34-36-50-41(7,8)49-35-33-47-39(45)42-29-32-44(37(3)4)38(5)6/h37-38H,9-36H2,1-8H3,(H,42,45). The van der Waals surface area contributed by atoms with Gasteiger partial charge in [-0.15, -0.1) is 0 Å². The molecular weight excluding hydrogens is 630 g/mol. The Hall–Kier alpha value is -1.58. The van der Waals surface area contributed by atoms with Crippen LogP contribution in [-0.2, 0) is 18.9 Å². The Balaban J connectivity index is 4.39. The van der Waals surface area contributed by atoms with E-state index in [0.717, 1.165) is 45.3 Å². The Morgan fingerprint density at radius 3 is 1.32 bits per heavy atom. The molecule has 0 heterocycles. The minimum atomic E-state index is -0.896. The second-order valence-corrected chi connectivity index (χ2v) is 15.1. The van der Waals surface area contributed by atoms with E-state index < -0.39 is 11.9 Å². The number of nitrogens with one attached hydrogen (secondary N) is 1. The molecule has 0 spiro atoms.